The quantitative estimate of drug-likeness (QED) is 0.268. The second-order valence-corrected chi connectivity index (χ2v) is 9.04. The molecule has 29 heavy (non-hydrogen) atoms. The van der Waals surface area contributed by atoms with Gasteiger partial charge in [0.1, 0.15) is 0 Å². The van der Waals surface area contributed by atoms with E-state index in [9.17, 15) is 0 Å². The van der Waals surface area contributed by atoms with Crippen LogP contribution in [0, 0.1) is 0 Å². The standard InChI is InChI=1S/C28H42S/c1-6-7-12-24(2)13-8-14-25(3)15-9-16-26(4)17-10-18-27(5)19-11-20-28-21-22-29-23-28/h6-7,13,15,17,19,21-23H,8-12,14,16,18,20H2,1-5H3/b7-6+,24-13+,25-15+,26-17+,27-19+. The molecule has 0 atom stereocenters. The molecule has 1 rings (SSSR count). The van der Waals surface area contributed by atoms with Crippen LogP contribution in [-0.4, -0.2) is 0 Å². The summed E-state index contributed by atoms with van der Waals surface area (Å²) in [4.78, 5) is 0. The zero-order chi connectivity index (χ0) is 21.3. The largest absolute Gasteiger partial charge is 0.152 e. The van der Waals surface area contributed by atoms with E-state index in [0.717, 1.165) is 6.42 Å². The molecule has 160 valence electrons. The fourth-order valence-corrected chi connectivity index (χ4v) is 3.96. The van der Waals surface area contributed by atoms with Crippen molar-refractivity contribution in [3.63, 3.8) is 0 Å². The molecule has 0 aromatic carbocycles. The Bertz CT molecular complexity index is 693. The fraction of sp³-hybridized carbons (Fsp3) is 0.500. The van der Waals surface area contributed by atoms with Crippen LogP contribution in [0.5, 0.6) is 0 Å². The fourth-order valence-electron chi connectivity index (χ4n) is 3.25. The van der Waals surface area contributed by atoms with E-state index in [-0.39, 0.29) is 0 Å². The van der Waals surface area contributed by atoms with Crippen molar-refractivity contribution in [1.82, 2.24) is 0 Å². The maximum absolute atomic E-state index is 2.44. The minimum atomic E-state index is 1.09. The Morgan fingerprint density at radius 1 is 0.759 bits per heavy atom. The molecule has 0 N–H and O–H groups in total. The average molecular weight is 411 g/mol. The van der Waals surface area contributed by atoms with Gasteiger partial charge >= 0.3 is 0 Å². The van der Waals surface area contributed by atoms with Gasteiger partial charge in [0, 0.05) is 0 Å². The Kier molecular flexibility index (Phi) is 14.2. The number of rotatable bonds is 14. The number of hydrogen-bond donors (Lipinski definition) is 0. The molecule has 1 heteroatoms. The summed E-state index contributed by atoms with van der Waals surface area (Å²) in [5.41, 5.74) is 7.53. The average Bonchev–Trinajstić information content (AvgIpc) is 3.20. The Labute approximate surface area is 184 Å². The maximum atomic E-state index is 2.44. The van der Waals surface area contributed by atoms with Crippen LogP contribution in [0.3, 0.4) is 0 Å². The summed E-state index contributed by atoms with van der Waals surface area (Å²) in [5, 5.41) is 4.43. The normalized spacial score (nSPS) is 14.2. The van der Waals surface area contributed by atoms with Crippen LogP contribution in [0.25, 0.3) is 0 Å². The van der Waals surface area contributed by atoms with Gasteiger partial charge in [0.15, 0.2) is 0 Å². The second kappa shape index (κ2) is 16.2. The van der Waals surface area contributed by atoms with E-state index in [4.69, 9.17) is 0 Å². The summed E-state index contributed by atoms with van der Waals surface area (Å²) in [5.74, 6) is 0. The Morgan fingerprint density at radius 3 is 1.76 bits per heavy atom. The number of aryl methyl sites for hydroxylation is 1. The highest BCUT2D eigenvalue weighted by molar-refractivity contribution is 7.07. The molecule has 0 aliphatic carbocycles. The van der Waals surface area contributed by atoms with Crippen molar-refractivity contribution >= 4 is 11.3 Å². The van der Waals surface area contributed by atoms with E-state index in [1.54, 1.807) is 11.3 Å². The van der Waals surface area contributed by atoms with E-state index in [0.29, 0.717) is 0 Å². The van der Waals surface area contributed by atoms with Crippen molar-refractivity contribution in [3.05, 3.63) is 81.1 Å². The van der Waals surface area contributed by atoms with Gasteiger partial charge in [-0.2, -0.15) is 11.3 Å². The summed E-state index contributed by atoms with van der Waals surface area (Å²) in [6.45, 7) is 11.2. The molecule has 0 saturated carbocycles. The van der Waals surface area contributed by atoms with Crippen LogP contribution >= 0.6 is 11.3 Å². The molecule has 0 amide bonds. The van der Waals surface area contributed by atoms with E-state index in [1.165, 1.54) is 79.2 Å². The molecule has 1 aromatic rings. The highest BCUT2D eigenvalue weighted by atomic mass is 32.1. The Hall–Kier alpha value is -1.60. The summed E-state index contributed by atoms with van der Waals surface area (Å²) < 4.78 is 0. The van der Waals surface area contributed by atoms with E-state index >= 15 is 0 Å². The minimum Gasteiger partial charge on any atom is -0.152 e. The lowest BCUT2D eigenvalue weighted by Crippen LogP contribution is -1.83. The number of allylic oxidation sites excluding steroid dienone is 10. The molecular formula is C28H42S. The molecule has 0 spiro atoms. The first-order chi connectivity index (χ1) is 14.0. The Morgan fingerprint density at radius 2 is 1.28 bits per heavy atom. The predicted molar refractivity (Wildman–Crippen MR) is 135 cm³/mol. The monoisotopic (exact) mass is 410 g/mol. The molecule has 0 bridgehead atoms. The summed E-state index contributed by atoms with van der Waals surface area (Å²) in [7, 11) is 0. The van der Waals surface area contributed by atoms with Gasteiger partial charge in [-0.1, -0.05) is 58.7 Å². The molecular weight excluding hydrogens is 368 g/mol. The molecule has 0 radical (unpaired) electrons. The van der Waals surface area contributed by atoms with Crippen LogP contribution in [0.1, 0.15) is 91.5 Å². The molecule has 1 aromatic heterocycles. The second-order valence-electron chi connectivity index (χ2n) is 8.26. The van der Waals surface area contributed by atoms with Gasteiger partial charge in [-0.3, -0.25) is 0 Å². The van der Waals surface area contributed by atoms with Crippen LogP contribution in [0.4, 0.5) is 0 Å². The zero-order valence-electron chi connectivity index (χ0n) is 19.5. The molecule has 0 saturated heterocycles. The lowest BCUT2D eigenvalue weighted by Gasteiger charge is -2.03. The zero-order valence-corrected chi connectivity index (χ0v) is 20.3. The third-order valence-electron chi connectivity index (χ3n) is 5.28. The topological polar surface area (TPSA) is 0 Å². The maximum Gasteiger partial charge on any atom is -0.00611 e. The van der Waals surface area contributed by atoms with Gasteiger partial charge < -0.3 is 0 Å². The van der Waals surface area contributed by atoms with Gasteiger partial charge in [0.25, 0.3) is 0 Å². The molecule has 0 aliphatic rings. The van der Waals surface area contributed by atoms with Crippen molar-refractivity contribution in [1.29, 1.82) is 0 Å². The highest BCUT2D eigenvalue weighted by Gasteiger charge is 1.95. The van der Waals surface area contributed by atoms with E-state index in [1.807, 2.05) is 0 Å². The summed E-state index contributed by atoms with van der Waals surface area (Å²) >= 11 is 1.79. The molecule has 0 fully saturated rings. The van der Waals surface area contributed by atoms with Crippen molar-refractivity contribution in [2.24, 2.45) is 0 Å². The summed E-state index contributed by atoms with van der Waals surface area (Å²) in [6, 6.07) is 2.24. The lowest BCUT2D eigenvalue weighted by atomic mass is 10.0. The van der Waals surface area contributed by atoms with Crippen LogP contribution in [0.15, 0.2) is 75.6 Å². The van der Waals surface area contributed by atoms with Gasteiger partial charge in [-0.15, -0.1) is 0 Å². The highest BCUT2D eigenvalue weighted by Crippen LogP contribution is 2.15. The van der Waals surface area contributed by atoms with Crippen LogP contribution in [0.2, 0.25) is 0 Å². The smallest absolute Gasteiger partial charge is 0.00611 e. The van der Waals surface area contributed by atoms with Gasteiger partial charge in [-0.25, -0.2) is 0 Å². The van der Waals surface area contributed by atoms with Gasteiger partial charge in [0.2, 0.25) is 0 Å². The first-order valence-corrected chi connectivity index (χ1v) is 12.2. The summed E-state index contributed by atoms with van der Waals surface area (Å²) in [6.07, 6.45) is 24.5. The SMILES string of the molecule is C/C=C/C/C(C)=C/CC/C(C)=C/CC/C(C)=C/CC/C(C)=C/CCc1ccsc1. The molecule has 1 heterocycles. The van der Waals surface area contributed by atoms with Gasteiger partial charge in [0.05, 0.1) is 0 Å². The molecule has 0 nitrogen and oxygen atoms in total. The van der Waals surface area contributed by atoms with Gasteiger partial charge in [-0.05, 0) is 115 Å². The predicted octanol–water partition coefficient (Wildman–Crippen LogP) is 9.77. The number of thiophene rings is 1. The lowest BCUT2D eigenvalue weighted by molar-refractivity contribution is 0.892. The van der Waals surface area contributed by atoms with Crippen molar-refractivity contribution in [2.75, 3.05) is 0 Å². The van der Waals surface area contributed by atoms with Crippen molar-refractivity contribution in [2.45, 2.75) is 92.4 Å². The van der Waals surface area contributed by atoms with E-state index < -0.39 is 0 Å². The Balaban J connectivity index is 2.19. The van der Waals surface area contributed by atoms with Crippen LogP contribution < -0.4 is 0 Å². The van der Waals surface area contributed by atoms with Crippen molar-refractivity contribution < 1.29 is 0 Å². The minimum absolute atomic E-state index is 1.09. The third-order valence-corrected chi connectivity index (χ3v) is 6.01. The molecule has 0 aliphatic heterocycles. The first-order valence-electron chi connectivity index (χ1n) is 11.3. The van der Waals surface area contributed by atoms with E-state index in [2.05, 4.69) is 87.9 Å². The third kappa shape index (κ3) is 14.1. The number of hydrogen-bond acceptors (Lipinski definition) is 1. The van der Waals surface area contributed by atoms with Crippen molar-refractivity contribution in [3.8, 4) is 0 Å². The van der Waals surface area contributed by atoms with Crippen LogP contribution in [-0.2, 0) is 6.42 Å². The first kappa shape index (κ1) is 25.4. The molecule has 0 unspecified atom stereocenters.